The maximum atomic E-state index is 6.15. The van der Waals surface area contributed by atoms with E-state index in [0.717, 1.165) is 22.9 Å². The van der Waals surface area contributed by atoms with Crippen molar-refractivity contribution in [3.8, 4) is 0 Å². The van der Waals surface area contributed by atoms with Crippen LogP contribution in [-0.2, 0) is 4.74 Å². The van der Waals surface area contributed by atoms with Crippen LogP contribution in [0.2, 0.25) is 4.34 Å². The molecule has 0 aliphatic carbocycles. The van der Waals surface area contributed by atoms with Gasteiger partial charge in [-0.05, 0) is 30.4 Å². The molecule has 1 aliphatic heterocycles. The molecule has 1 aromatic rings. The van der Waals surface area contributed by atoms with Crippen molar-refractivity contribution in [3.05, 3.63) is 21.3 Å². The summed E-state index contributed by atoms with van der Waals surface area (Å²) < 4.78 is 6.32. The van der Waals surface area contributed by atoms with Crippen LogP contribution in [0.5, 0.6) is 0 Å². The van der Waals surface area contributed by atoms with Gasteiger partial charge in [0.2, 0.25) is 0 Å². The predicted molar refractivity (Wildman–Crippen MR) is 59.8 cm³/mol. The highest BCUT2D eigenvalue weighted by molar-refractivity contribution is 7.14. The van der Waals surface area contributed by atoms with Crippen molar-refractivity contribution in [2.45, 2.75) is 25.5 Å². The minimum Gasteiger partial charge on any atom is -0.378 e. The molecule has 1 aromatic heterocycles. The molecular formula is C10H14ClNOS. The number of nitrogens with two attached hydrogens (primary N) is 1. The maximum absolute atomic E-state index is 6.15. The summed E-state index contributed by atoms with van der Waals surface area (Å²) in [6.07, 6.45) is 1.37. The molecule has 0 radical (unpaired) electrons. The second-order valence-electron chi connectivity index (χ2n) is 3.82. The maximum Gasteiger partial charge on any atom is 0.0976 e. The Morgan fingerprint density at radius 1 is 1.71 bits per heavy atom. The Balaban J connectivity index is 2.09. The molecule has 3 unspecified atom stereocenters. The first kappa shape index (κ1) is 10.4. The summed E-state index contributed by atoms with van der Waals surface area (Å²) in [6.45, 7) is 2.84. The molecule has 0 spiro atoms. The molecule has 2 N–H and O–H groups in total. The van der Waals surface area contributed by atoms with E-state index in [-0.39, 0.29) is 6.04 Å². The van der Waals surface area contributed by atoms with Crippen molar-refractivity contribution < 1.29 is 4.74 Å². The summed E-state index contributed by atoms with van der Waals surface area (Å²) >= 11 is 7.58. The van der Waals surface area contributed by atoms with Gasteiger partial charge in [-0.25, -0.2) is 0 Å². The summed E-state index contributed by atoms with van der Waals surface area (Å²) in [4.78, 5) is 0. The Labute approximate surface area is 93.0 Å². The fourth-order valence-electron chi connectivity index (χ4n) is 1.90. The average Bonchev–Trinajstić information content (AvgIpc) is 2.73. The van der Waals surface area contributed by atoms with Gasteiger partial charge in [-0.2, -0.15) is 0 Å². The minimum atomic E-state index is 0.0266. The molecule has 4 heteroatoms. The molecule has 2 heterocycles. The molecule has 0 bridgehead atoms. The van der Waals surface area contributed by atoms with Gasteiger partial charge in [0.05, 0.1) is 17.0 Å². The van der Waals surface area contributed by atoms with E-state index in [1.165, 1.54) is 11.3 Å². The van der Waals surface area contributed by atoms with Crippen molar-refractivity contribution in [2.75, 3.05) is 6.61 Å². The first-order valence-electron chi connectivity index (χ1n) is 4.78. The summed E-state index contributed by atoms with van der Waals surface area (Å²) in [5, 5.41) is 1.98. The van der Waals surface area contributed by atoms with Crippen LogP contribution in [0, 0.1) is 5.92 Å². The van der Waals surface area contributed by atoms with Crippen LogP contribution in [0.3, 0.4) is 0 Å². The van der Waals surface area contributed by atoms with Gasteiger partial charge in [0.15, 0.2) is 0 Å². The molecule has 1 saturated heterocycles. The minimum absolute atomic E-state index is 0.0266. The largest absolute Gasteiger partial charge is 0.378 e. The van der Waals surface area contributed by atoms with E-state index >= 15 is 0 Å². The van der Waals surface area contributed by atoms with Crippen LogP contribution in [0.15, 0.2) is 11.4 Å². The number of hydrogen-bond donors (Lipinski definition) is 1. The van der Waals surface area contributed by atoms with Crippen LogP contribution in [-0.4, -0.2) is 12.7 Å². The summed E-state index contributed by atoms with van der Waals surface area (Å²) in [5.74, 6) is 0.414. The number of ether oxygens (including phenoxy) is 1. The van der Waals surface area contributed by atoms with Gasteiger partial charge in [0, 0.05) is 12.0 Å². The Morgan fingerprint density at radius 3 is 3.00 bits per heavy atom. The van der Waals surface area contributed by atoms with Crippen LogP contribution in [0.4, 0.5) is 0 Å². The van der Waals surface area contributed by atoms with Crippen LogP contribution < -0.4 is 5.73 Å². The second-order valence-corrected chi connectivity index (χ2v) is 5.33. The number of halogens is 1. The zero-order valence-electron chi connectivity index (χ0n) is 8.07. The Kier molecular flexibility index (Phi) is 3.12. The van der Waals surface area contributed by atoms with Crippen LogP contribution in [0.1, 0.15) is 24.9 Å². The molecule has 1 fully saturated rings. The molecule has 3 atom stereocenters. The molecule has 78 valence electrons. The fourth-order valence-corrected chi connectivity index (χ4v) is 2.91. The number of hydrogen-bond acceptors (Lipinski definition) is 3. The molecule has 0 aromatic carbocycles. The van der Waals surface area contributed by atoms with E-state index < -0.39 is 0 Å². The molecule has 2 nitrogen and oxygen atoms in total. The van der Waals surface area contributed by atoms with Gasteiger partial charge in [-0.15, -0.1) is 11.3 Å². The third kappa shape index (κ3) is 1.96. The summed E-state index contributed by atoms with van der Waals surface area (Å²) in [5.41, 5.74) is 7.22. The third-order valence-electron chi connectivity index (χ3n) is 2.74. The summed E-state index contributed by atoms with van der Waals surface area (Å²) in [6, 6.07) is 2.04. The van der Waals surface area contributed by atoms with Crippen LogP contribution >= 0.6 is 22.9 Å². The Bertz CT molecular complexity index is 315. The van der Waals surface area contributed by atoms with E-state index in [4.69, 9.17) is 22.1 Å². The molecular weight excluding hydrogens is 218 g/mol. The lowest BCUT2D eigenvalue weighted by Gasteiger charge is -2.16. The molecule has 0 saturated carbocycles. The fraction of sp³-hybridized carbons (Fsp3) is 0.600. The van der Waals surface area contributed by atoms with Gasteiger partial charge in [0.25, 0.3) is 0 Å². The zero-order chi connectivity index (χ0) is 10.1. The molecule has 2 rings (SSSR count). The normalized spacial score (nSPS) is 29.4. The standard InChI is InChI=1S/C10H14ClNOS/c1-6-4-7(5-13-6)9(12)8-2-3-14-10(8)11/h2-3,6-7,9H,4-5,12H2,1H3. The Hall–Kier alpha value is -0.0900. The SMILES string of the molecule is CC1CC(C(N)c2ccsc2Cl)CO1. The monoisotopic (exact) mass is 231 g/mol. The smallest absolute Gasteiger partial charge is 0.0976 e. The van der Waals surface area contributed by atoms with E-state index in [1.807, 2.05) is 11.4 Å². The first-order chi connectivity index (χ1) is 6.68. The van der Waals surface area contributed by atoms with Gasteiger partial charge < -0.3 is 10.5 Å². The number of thiophene rings is 1. The van der Waals surface area contributed by atoms with Gasteiger partial charge in [-0.3, -0.25) is 0 Å². The third-order valence-corrected chi connectivity index (χ3v) is 3.94. The number of rotatable bonds is 2. The summed E-state index contributed by atoms with van der Waals surface area (Å²) in [7, 11) is 0. The first-order valence-corrected chi connectivity index (χ1v) is 6.04. The van der Waals surface area contributed by atoms with Gasteiger partial charge >= 0.3 is 0 Å². The van der Waals surface area contributed by atoms with Crippen molar-refractivity contribution in [3.63, 3.8) is 0 Å². The highest BCUT2D eigenvalue weighted by Crippen LogP contribution is 2.35. The van der Waals surface area contributed by atoms with E-state index in [0.29, 0.717) is 12.0 Å². The van der Waals surface area contributed by atoms with E-state index in [9.17, 15) is 0 Å². The zero-order valence-corrected chi connectivity index (χ0v) is 9.65. The Morgan fingerprint density at radius 2 is 2.50 bits per heavy atom. The molecule has 0 amide bonds. The second kappa shape index (κ2) is 4.19. The van der Waals surface area contributed by atoms with Crippen molar-refractivity contribution >= 4 is 22.9 Å². The van der Waals surface area contributed by atoms with Gasteiger partial charge in [-0.1, -0.05) is 11.6 Å². The highest BCUT2D eigenvalue weighted by Gasteiger charge is 2.29. The van der Waals surface area contributed by atoms with Crippen molar-refractivity contribution in [1.82, 2.24) is 0 Å². The highest BCUT2D eigenvalue weighted by atomic mass is 35.5. The van der Waals surface area contributed by atoms with Gasteiger partial charge in [0.1, 0.15) is 0 Å². The molecule has 14 heavy (non-hydrogen) atoms. The predicted octanol–water partition coefficient (Wildman–Crippen LogP) is 2.83. The average molecular weight is 232 g/mol. The molecule has 1 aliphatic rings. The van der Waals surface area contributed by atoms with Crippen LogP contribution in [0.25, 0.3) is 0 Å². The quantitative estimate of drug-likeness (QED) is 0.850. The lowest BCUT2D eigenvalue weighted by Crippen LogP contribution is -2.21. The topological polar surface area (TPSA) is 35.2 Å². The lowest BCUT2D eigenvalue weighted by atomic mass is 9.93. The van der Waals surface area contributed by atoms with E-state index in [2.05, 4.69) is 6.92 Å². The van der Waals surface area contributed by atoms with E-state index in [1.54, 1.807) is 0 Å². The van der Waals surface area contributed by atoms with Crippen molar-refractivity contribution in [2.24, 2.45) is 11.7 Å². The lowest BCUT2D eigenvalue weighted by molar-refractivity contribution is 0.118. The van der Waals surface area contributed by atoms with Crippen molar-refractivity contribution in [1.29, 1.82) is 0 Å².